The van der Waals surface area contributed by atoms with E-state index in [-0.39, 0.29) is 5.41 Å². The number of halogens is 1. The number of hydrogen-bond acceptors (Lipinski definition) is 2. The quantitative estimate of drug-likeness (QED) is 0.203. The SMILES string of the molecule is Cc1ccc(N(I)c2cccc3c2sc2c(C(C)(C)C)cccc23)c(C)c1. The number of nitrogens with zero attached hydrogens (tertiary/aromatic N) is 1. The van der Waals surface area contributed by atoms with Crippen LogP contribution in [0.15, 0.2) is 54.6 Å². The molecule has 0 bridgehead atoms. The molecule has 27 heavy (non-hydrogen) atoms. The molecule has 0 unspecified atom stereocenters. The summed E-state index contributed by atoms with van der Waals surface area (Å²) in [5.41, 5.74) is 6.69. The lowest BCUT2D eigenvalue weighted by Crippen LogP contribution is -2.10. The summed E-state index contributed by atoms with van der Waals surface area (Å²) in [4.78, 5) is 0. The highest BCUT2D eigenvalue weighted by Crippen LogP contribution is 2.46. The van der Waals surface area contributed by atoms with Gasteiger partial charge in [0.05, 0.1) is 38.9 Å². The molecule has 138 valence electrons. The number of aryl methyl sites for hydroxylation is 2. The van der Waals surface area contributed by atoms with Crippen LogP contribution >= 0.6 is 34.2 Å². The van der Waals surface area contributed by atoms with Crippen molar-refractivity contribution in [2.45, 2.75) is 40.0 Å². The molecule has 0 aliphatic heterocycles. The Labute approximate surface area is 179 Å². The Balaban J connectivity index is 1.97. The van der Waals surface area contributed by atoms with E-state index in [0.29, 0.717) is 0 Å². The van der Waals surface area contributed by atoms with E-state index in [2.05, 4.69) is 115 Å². The zero-order valence-corrected chi connectivity index (χ0v) is 19.4. The molecule has 0 aliphatic rings. The second kappa shape index (κ2) is 6.78. The third kappa shape index (κ3) is 3.25. The minimum atomic E-state index is 0.137. The number of anilines is 2. The molecule has 0 N–H and O–H groups in total. The zero-order valence-electron chi connectivity index (χ0n) is 16.4. The van der Waals surface area contributed by atoms with E-state index in [0.717, 1.165) is 0 Å². The molecule has 3 heteroatoms. The predicted octanol–water partition coefficient (Wildman–Crippen LogP) is 8.46. The van der Waals surface area contributed by atoms with E-state index in [4.69, 9.17) is 0 Å². The molecule has 0 aliphatic carbocycles. The monoisotopic (exact) mass is 485 g/mol. The molecule has 0 atom stereocenters. The van der Waals surface area contributed by atoms with Crippen molar-refractivity contribution in [1.29, 1.82) is 0 Å². The molecule has 0 saturated carbocycles. The molecule has 1 heterocycles. The Morgan fingerprint density at radius 2 is 1.48 bits per heavy atom. The Morgan fingerprint density at radius 3 is 2.15 bits per heavy atom. The number of rotatable bonds is 2. The topological polar surface area (TPSA) is 3.24 Å². The van der Waals surface area contributed by atoms with Gasteiger partial charge in [-0.1, -0.05) is 68.8 Å². The molecule has 0 saturated heterocycles. The minimum Gasteiger partial charge on any atom is -0.281 e. The van der Waals surface area contributed by atoms with Crippen molar-refractivity contribution in [2.24, 2.45) is 0 Å². The van der Waals surface area contributed by atoms with E-state index in [1.54, 1.807) is 0 Å². The smallest absolute Gasteiger partial charge is 0.0689 e. The summed E-state index contributed by atoms with van der Waals surface area (Å²) >= 11 is 4.38. The van der Waals surface area contributed by atoms with Crippen LogP contribution in [-0.4, -0.2) is 0 Å². The third-order valence-electron chi connectivity index (χ3n) is 5.09. The van der Waals surface area contributed by atoms with Crippen LogP contribution in [0, 0.1) is 13.8 Å². The van der Waals surface area contributed by atoms with Gasteiger partial charge in [0.1, 0.15) is 0 Å². The second-order valence-corrected chi connectivity index (χ2v) is 10.2. The Hall–Kier alpha value is -1.59. The zero-order chi connectivity index (χ0) is 19.3. The molecule has 0 spiro atoms. The molecule has 4 rings (SSSR count). The molecule has 0 fully saturated rings. The summed E-state index contributed by atoms with van der Waals surface area (Å²) in [7, 11) is 0. The highest BCUT2D eigenvalue weighted by Gasteiger charge is 2.21. The maximum Gasteiger partial charge on any atom is 0.0689 e. The second-order valence-electron chi connectivity index (χ2n) is 8.26. The standard InChI is InChI=1S/C24H24INS/c1-15-12-13-20(16(2)14-15)26(25)21-11-7-9-18-17-8-6-10-19(24(3,4)5)22(17)27-23(18)21/h6-14H,1-5H3. The van der Waals surface area contributed by atoms with Crippen LogP contribution in [0.3, 0.4) is 0 Å². The summed E-state index contributed by atoms with van der Waals surface area (Å²) in [5, 5.41) is 2.72. The fraction of sp³-hybridized carbons (Fsp3) is 0.250. The Kier molecular flexibility index (Phi) is 4.71. The van der Waals surface area contributed by atoms with Gasteiger partial charge in [-0.15, -0.1) is 11.3 Å². The number of thiophene rings is 1. The third-order valence-corrected chi connectivity index (χ3v) is 7.40. The summed E-state index contributed by atoms with van der Waals surface area (Å²) in [6.07, 6.45) is 0. The first kappa shape index (κ1) is 18.8. The molecular weight excluding hydrogens is 461 g/mol. The maximum atomic E-state index is 2.45. The molecule has 3 aromatic carbocycles. The van der Waals surface area contributed by atoms with Gasteiger partial charge in [0.15, 0.2) is 0 Å². The maximum absolute atomic E-state index is 2.45. The lowest BCUT2D eigenvalue weighted by Gasteiger charge is -2.20. The lowest BCUT2D eigenvalue weighted by atomic mass is 9.86. The van der Waals surface area contributed by atoms with Gasteiger partial charge >= 0.3 is 0 Å². The van der Waals surface area contributed by atoms with Gasteiger partial charge in [-0.05, 0) is 42.5 Å². The van der Waals surface area contributed by atoms with Crippen LogP contribution in [0.5, 0.6) is 0 Å². The van der Waals surface area contributed by atoms with Crippen molar-refractivity contribution < 1.29 is 0 Å². The molecule has 0 radical (unpaired) electrons. The van der Waals surface area contributed by atoms with Crippen LogP contribution in [0.2, 0.25) is 0 Å². The van der Waals surface area contributed by atoms with E-state index in [1.807, 2.05) is 11.3 Å². The molecule has 4 aromatic rings. The Morgan fingerprint density at radius 1 is 0.815 bits per heavy atom. The molecule has 1 aromatic heterocycles. The van der Waals surface area contributed by atoms with Crippen LogP contribution in [0.4, 0.5) is 11.4 Å². The summed E-state index contributed by atoms with van der Waals surface area (Å²) < 4.78 is 5.08. The highest BCUT2D eigenvalue weighted by molar-refractivity contribution is 14.1. The van der Waals surface area contributed by atoms with Crippen molar-refractivity contribution in [3.8, 4) is 0 Å². The van der Waals surface area contributed by atoms with Crippen LogP contribution in [0.1, 0.15) is 37.5 Å². The fourth-order valence-electron chi connectivity index (χ4n) is 3.71. The summed E-state index contributed by atoms with van der Waals surface area (Å²) in [6, 6.07) is 20.1. The molecule has 0 amide bonds. The van der Waals surface area contributed by atoms with Gasteiger partial charge in [-0.2, -0.15) is 0 Å². The van der Waals surface area contributed by atoms with Crippen molar-refractivity contribution in [1.82, 2.24) is 0 Å². The average Bonchev–Trinajstić information content (AvgIpc) is 2.99. The van der Waals surface area contributed by atoms with E-state index in [9.17, 15) is 0 Å². The minimum absolute atomic E-state index is 0.137. The largest absolute Gasteiger partial charge is 0.281 e. The van der Waals surface area contributed by atoms with Crippen molar-refractivity contribution in [3.63, 3.8) is 0 Å². The molecule has 1 nitrogen and oxygen atoms in total. The first-order valence-corrected chi connectivity index (χ1v) is 11.0. The van der Waals surface area contributed by atoms with Crippen molar-refractivity contribution >= 4 is 65.7 Å². The van der Waals surface area contributed by atoms with Gasteiger partial charge in [-0.25, -0.2) is 0 Å². The van der Waals surface area contributed by atoms with Gasteiger partial charge in [-0.3, -0.25) is 3.11 Å². The summed E-state index contributed by atoms with van der Waals surface area (Å²) in [5.74, 6) is 0. The van der Waals surface area contributed by atoms with Crippen molar-refractivity contribution in [2.75, 3.05) is 3.11 Å². The van der Waals surface area contributed by atoms with Crippen LogP contribution in [-0.2, 0) is 5.41 Å². The van der Waals surface area contributed by atoms with Crippen LogP contribution < -0.4 is 3.11 Å². The van der Waals surface area contributed by atoms with E-state index < -0.39 is 0 Å². The average molecular weight is 485 g/mol. The fourth-order valence-corrected chi connectivity index (χ4v) is 6.34. The first-order valence-electron chi connectivity index (χ1n) is 9.25. The Bertz CT molecular complexity index is 1150. The van der Waals surface area contributed by atoms with Gasteiger partial charge < -0.3 is 0 Å². The van der Waals surface area contributed by atoms with Gasteiger partial charge in [0, 0.05) is 15.5 Å². The van der Waals surface area contributed by atoms with Gasteiger partial charge in [0.2, 0.25) is 0 Å². The van der Waals surface area contributed by atoms with Gasteiger partial charge in [0.25, 0.3) is 0 Å². The number of hydrogen-bond donors (Lipinski definition) is 0. The van der Waals surface area contributed by atoms with E-state index in [1.165, 1.54) is 48.2 Å². The van der Waals surface area contributed by atoms with Crippen LogP contribution in [0.25, 0.3) is 20.2 Å². The normalized spacial score (nSPS) is 12.1. The van der Waals surface area contributed by atoms with Crippen molar-refractivity contribution in [3.05, 3.63) is 71.3 Å². The summed E-state index contributed by atoms with van der Waals surface area (Å²) in [6.45, 7) is 11.2. The van der Waals surface area contributed by atoms with E-state index >= 15 is 0 Å². The number of benzene rings is 3. The first-order chi connectivity index (χ1) is 12.8. The lowest BCUT2D eigenvalue weighted by molar-refractivity contribution is 0.597. The highest BCUT2D eigenvalue weighted by atomic mass is 127. The molecular formula is C24H24INS. The predicted molar refractivity (Wildman–Crippen MR) is 130 cm³/mol. The number of fused-ring (bicyclic) bond motifs is 3.